The van der Waals surface area contributed by atoms with Gasteiger partial charge in [-0.25, -0.2) is 4.79 Å². The van der Waals surface area contributed by atoms with E-state index in [1.807, 2.05) is 18.2 Å². The van der Waals surface area contributed by atoms with Crippen molar-refractivity contribution >= 4 is 5.97 Å². The highest BCUT2D eigenvalue weighted by Crippen LogP contribution is 2.20. The zero-order valence-corrected chi connectivity index (χ0v) is 10.6. The summed E-state index contributed by atoms with van der Waals surface area (Å²) in [5.74, 6) is 0.820. The van der Waals surface area contributed by atoms with Crippen molar-refractivity contribution in [3.8, 4) is 5.75 Å². The van der Waals surface area contributed by atoms with Crippen LogP contribution in [0.25, 0.3) is 0 Å². The Morgan fingerprint density at radius 1 is 1.44 bits per heavy atom. The predicted octanol–water partition coefficient (Wildman–Crippen LogP) is 1.85. The summed E-state index contributed by atoms with van der Waals surface area (Å²) < 4.78 is 10.8. The molecule has 0 unspecified atom stereocenters. The molecule has 2 rings (SSSR count). The van der Waals surface area contributed by atoms with Gasteiger partial charge in [-0.05, 0) is 32.0 Å². The topological polar surface area (TPSA) is 47.6 Å². The maximum atomic E-state index is 11.7. The molecule has 1 aliphatic rings. The monoisotopic (exact) mass is 249 g/mol. The molecule has 4 heteroatoms. The smallest absolute Gasteiger partial charge is 0.341 e. The zero-order chi connectivity index (χ0) is 12.8. The van der Waals surface area contributed by atoms with Gasteiger partial charge in [-0.2, -0.15) is 0 Å². The lowest BCUT2D eigenvalue weighted by molar-refractivity contribution is 0.0521. The summed E-state index contributed by atoms with van der Waals surface area (Å²) >= 11 is 0. The summed E-state index contributed by atoms with van der Waals surface area (Å²) in [5, 5.41) is 3.29. The highest BCUT2D eigenvalue weighted by molar-refractivity contribution is 5.92. The van der Waals surface area contributed by atoms with Gasteiger partial charge in [-0.15, -0.1) is 0 Å². The lowest BCUT2D eigenvalue weighted by Crippen LogP contribution is -2.16. The Morgan fingerprint density at radius 3 is 3.00 bits per heavy atom. The molecule has 0 spiro atoms. The molecule has 1 fully saturated rings. The molecule has 18 heavy (non-hydrogen) atoms. The third kappa shape index (κ3) is 3.23. The SMILES string of the molecule is CCOC(=O)c1ccccc1OC[C@@H]1CCNC1. The van der Waals surface area contributed by atoms with Gasteiger partial charge in [-0.3, -0.25) is 0 Å². The number of hydrogen-bond donors (Lipinski definition) is 1. The van der Waals surface area contributed by atoms with E-state index in [9.17, 15) is 4.79 Å². The first kappa shape index (κ1) is 12.9. The summed E-state index contributed by atoms with van der Waals surface area (Å²) in [7, 11) is 0. The average molecular weight is 249 g/mol. The average Bonchev–Trinajstić information content (AvgIpc) is 2.90. The molecule has 1 saturated heterocycles. The van der Waals surface area contributed by atoms with Crippen molar-refractivity contribution in [3.63, 3.8) is 0 Å². The van der Waals surface area contributed by atoms with E-state index in [-0.39, 0.29) is 5.97 Å². The van der Waals surface area contributed by atoms with Crippen LogP contribution in [0.3, 0.4) is 0 Å². The summed E-state index contributed by atoms with van der Waals surface area (Å²) in [6.07, 6.45) is 1.13. The maximum absolute atomic E-state index is 11.7. The van der Waals surface area contributed by atoms with Crippen LogP contribution in [0, 0.1) is 5.92 Å². The van der Waals surface area contributed by atoms with Gasteiger partial charge in [0, 0.05) is 12.5 Å². The standard InChI is InChI=1S/C14H19NO3/c1-2-17-14(16)12-5-3-4-6-13(12)18-10-11-7-8-15-9-11/h3-6,11,15H,2,7-10H2,1H3/t11-/m1/s1. The first-order valence-electron chi connectivity index (χ1n) is 6.41. The molecule has 1 N–H and O–H groups in total. The minimum Gasteiger partial charge on any atom is -0.492 e. The zero-order valence-electron chi connectivity index (χ0n) is 10.6. The minimum atomic E-state index is -0.322. The molecule has 1 atom stereocenters. The van der Waals surface area contributed by atoms with E-state index in [2.05, 4.69) is 5.32 Å². The molecule has 0 radical (unpaired) electrons. The van der Waals surface area contributed by atoms with Gasteiger partial charge in [0.1, 0.15) is 11.3 Å². The largest absolute Gasteiger partial charge is 0.492 e. The fraction of sp³-hybridized carbons (Fsp3) is 0.500. The number of para-hydroxylation sites is 1. The van der Waals surface area contributed by atoms with E-state index in [4.69, 9.17) is 9.47 Å². The van der Waals surface area contributed by atoms with Gasteiger partial charge in [0.05, 0.1) is 13.2 Å². The summed E-state index contributed by atoms with van der Waals surface area (Å²) in [6.45, 7) is 4.85. The number of nitrogens with one attached hydrogen (secondary N) is 1. The molecule has 0 amide bonds. The Labute approximate surface area is 107 Å². The Bertz CT molecular complexity index is 400. The van der Waals surface area contributed by atoms with Gasteiger partial charge >= 0.3 is 5.97 Å². The highest BCUT2D eigenvalue weighted by Gasteiger charge is 2.17. The van der Waals surface area contributed by atoms with Crippen molar-refractivity contribution in [2.75, 3.05) is 26.3 Å². The van der Waals surface area contributed by atoms with Crippen molar-refractivity contribution in [1.29, 1.82) is 0 Å². The normalized spacial score (nSPS) is 18.6. The van der Waals surface area contributed by atoms with Crippen molar-refractivity contribution in [1.82, 2.24) is 5.32 Å². The summed E-state index contributed by atoms with van der Waals surface area (Å²) in [6, 6.07) is 7.23. The van der Waals surface area contributed by atoms with Crippen LogP contribution < -0.4 is 10.1 Å². The second-order valence-electron chi connectivity index (χ2n) is 4.39. The molecular formula is C14H19NO3. The molecule has 1 aliphatic heterocycles. The van der Waals surface area contributed by atoms with E-state index >= 15 is 0 Å². The van der Waals surface area contributed by atoms with Crippen LogP contribution in [0.15, 0.2) is 24.3 Å². The lowest BCUT2D eigenvalue weighted by Gasteiger charge is -2.13. The number of benzene rings is 1. The number of rotatable bonds is 5. The van der Waals surface area contributed by atoms with Crippen LogP contribution in [0.1, 0.15) is 23.7 Å². The van der Waals surface area contributed by atoms with Gasteiger partial charge in [0.2, 0.25) is 0 Å². The van der Waals surface area contributed by atoms with E-state index in [0.29, 0.717) is 30.4 Å². The van der Waals surface area contributed by atoms with Crippen LogP contribution >= 0.6 is 0 Å². The molecule has 1 aromatic carbocycles. The van der Waals surface area contributed by atoms with E-state index in [1.165, 1.54) is 0 Å². The minimum absolute atomic E-state index is 0.322. The van der Waals surface area contributed by atoms with E-state index in [1.54, 1.807) is 13.0 Å². The first-order valence-corrected chi connectivity index (χ1v) is 6.41. The van der Waals surface area contributed by atoms with Crippen LogP contribution in [0.2, 0.25) is 0 Å². The Morgan fingerprint density at radius 2 is 2.28 bits per heavy atom. The van der Waals surface area contributed by atoms with Crippen LogP contribution in [-0.2, 0) is 4.74 Å². The van der Waals surface area contributed by atoms with Crippen molar-refractivity contribution < 1.29 is 14.3 Å². The third-order valence-corrected chi connectivity index (χ3v) is 3.02. The maximum Gasteiger partial charge on any atom is 0.341 e. The lowest BCUT2D eigenvalue weighted by atomic mass is 10.1. The second-order valence-corrected chi connectivity index (χ2v) is 4.39. The first-order chi connectivity index (χ1) is 8.81. The Balaban J connectivity index is 2.00. The van der Waals surface area contributed by atoms with Crippen LogP contribution in [-0.4, -0.2) is 32.3 Å². The predicted molar refractivity (Wildman–Crippen MR) is 68.9 cm³/mol. The molecule has 1 heterocycles. The van der Waals surface area contributed by atoms with Crippen molar-refractivity contribution in [2.45, 2.75) is 13.3 Å². The van der Waals surface area contributed by atoms with Crippen molar-refractivity contribution in [2.24, 2.45) is 5.92 Å². The molecule has 98 valence electrons. The molecular weight excluding hydrogens is 230 g/mol. The van der Waals surface area contributed by atoms with Crippen LogP contribution in [0.5, 0.6) is 5.75 Å². The van der Waals surface area contributed by atoms with Gasteiger partial charge < -0.3 is 14.8 Å². The van der Waals surface area contributed by atoms with E-state index < -0.39 is 0 Å². The molecule has 0 aliphatic carbocycles. The number of hydrogen-bond acceptors (Lipinski definition) is 4. The molecule has 4 nitrogen and oxygen atoms in total. The van der Waals surface area contributed by atoms with Gasteiger partial charge in [0.25, 0.3) is 0 Å². The number of carbonyl (C=O) groups is 1. The Kier molecular flexibility index (Phi) is 4.59. The fourth-order valence-electron chi connectivity index (χ4n) is 2.03. The second kappa shape index (κ2) is 6.40. The van der Waals surface area contributed by atoms with Crippen LogP contribution in [0.4, 0.5) is 0 Å². The molecule has 0 bridgehead atoms. The summed E-state index contributed by atoms with van der Waals surface area (Å²) in [5.41, 5.74) is 0.505. The molecule has 0 aromatic heterocycles. The number of esters is 1. The number of ether oxygens (including phenoxy) is 2. The Hall–Kier alpha value is -1.55. The highest BCUT2D eigenvalue weighted by atomic mass is 16.5. The van der Waals surface area contributed by atoms with Gasteiger partial charge in [-0.1, -0.05) is 12.1 Å². The van der Waals surface area contributed by atoms with E-state index in [0.717, 1.165) is 19.5 Å². The van der Waals surface area contributed by atoms with Crippen molar-refractivity contribution in [3.05, 3.63) is 29.8 Å². The quantitative estimate of drug-likeness (QED) is 0.809. The number of carbonyl (C=O) groups excluding carboxylic acids is 1. The van der Waals surface area contributed by atoms with Gasteiger partial charge in [0.15, 0.2) is 0 Å². The summed E-state index contributed by atoms with van der Waals surface area (Å²) in [4.78, 5) is 11.7. The third-order valence-electron chi connectivity index (χ3n) is 3.02. The fourth-order valence-corrected chi connectivity index (χ4v) is 2.03. The molecule has 1 aromatic rings. The molecule has 0 saturated carbocycles.